The van der Waals surface area contributed by atoms with Crippen LogP contribution >= 0.6 is 11.8 Å². The molecule has 3 aromatic carbocycles. The molecule has 0 atom stereocenters. The highest BCUT2D eigenvalue weighted by Gasteiger charge is 2.22. The Morgan fingerprint density at radius 3 is 2.22 bits per heavy atom. The first-order chi connectivity index (χ1) is 19.8. The van der Waals surface area contributed by atoms with Gasteiger partial charge in [0.2, 0.25) is 11.1 Å². The van der Waals surface area contributed by atoms with Gasteiger partial charge in [-0.1, -0.05) is 105 Å². The van der Waals surface area contributed by atoms with E-state index in [2.05, 4.69) is 101 Å². The summed E-state index contributed by atoms with van der Waals surface area (Å²) in [5.74, 6) is 0.429. The molecule has 8 heteroatoms. The highest BCUT2D eigenvalue weighted by atomic mass is 32.2. The lowest BCUT2D eigenvalue weighted by molar-refractivity contribution is -0.130. The Labute approximate surface area is 245 Å². The van der Waals surface area contributed by atoms with Crippen molar-refractivity contribution in [1.29, 1.82) is 0 Å². The molecule has 1 fully saturated rings. The van der Waals surface area contributed by atoms with Crippen LogP contribution in [0.1, 0.15) is 37.5 Å². The maximum atomic E-state index is 13.1. The van der Waals surface area contributed by atoms with Crippen molar-refractivity contribution in [2.75, 3.05) is 31.9 Å². The molecular weight excluding hydrogens is 528 g/mol. The molecular formula is C33H36N6OS. The van der Waals surface area contributed by atoms with Crippen molar-refractivity contribution in [1.82, 2.24) is 29.5 Å². The first kappa shape index (κ1) is 27.4. The molecule has 0 saturated carbocycles. The van der Waals surface area contributed by atoms with Crippen molar-refractivity contribution in [3.05, 3.63) is 95.6 Å². The van der Waals surface area contributed by atoms with E-state index in [9.17, 15) is 4.79 Å². The minimum absolute atomic E-state index is 0.113. The fourth-order valence-corrected chi connectivity index (χ4v) is 6.10. The number of carbonyl (C=O) groups is 1. The number of nitrogens with zero attached hydrogens (tertiary/aromatic N) is 6. The summed E-state index contributed by atoms with van der Waals surface area (Å²) in [6, 6.07) is 27.6. The molecule has 5 aromatic rings. The van der Waals surface area contributed by atoms with Gasteiger partial charge in [-0.15, -0.1) is 10.2 Å². The number of piperazine rings is 1. The SMILES string of the molecule is CC(C)(C)c1ccc(Cn2c3ccccc3c3nnc(SCC(=O)N4CCN(Cc5ccccc5)CC4)nc32)cc1. The van der Waals surface area contributed by atoms with Gasteiger partial charge in [0.15, 0.2) is 5.65 Å². The molecule has 1 aliphatic rings. The van der Waals surface area contributed by atoms with Crippen molar-refractivity contribution >= 4 is 39.7 Å². The highest BCUT2D eigenvalue weighted by molar-refractivity contribution is 7.99. The minimum Gasteiger partial charge on any atom is -0.339 e. The summed E-state index contributed by atoms with van der Waals surface area (Å²) < 4.78 is 2.21. The van der Waals surface area contributed by atoms with Crippen LogP contribution in [0.3, 0.4) is 0 Å². The lowest BCUT2D eigenvalue weighted by Crippen LogP contribution is -2.48. The van der Waals surface area contributed by atoms with Gasteiger partial charge in [0, 0.05) is 44.7 Å². The van der Waals surface area contributed by atoms with Crippen LogP contribution in [0.2, 0.25) is 0 Å². The number of fused-ring (bicyclic) bond motifs is 3. The zero-order chi connectivity index (χ0) is 28.4. The summed E-state index contributed by atoms with van der Waals surface area (Å²) in [7, 11) is 0. The summed E-state index contributed by atoms with van der Waals surface area (Å²) in [5, 5.41) is 10.5. The van der Waals surface area contributed by atoms with Crippen molar-refractivity contribution < 1.29 is 4.79 Å². The second-order valence-corrected chi connectivity index (χ2v) is 12.7. The third kappa shape index (κ3) is 6.14. The molecule has 0 unspecified atom stereocenters. The number of amides is 1. The summed E-state index contributed by atoms with van der Waals surface area (Å²) in [6.45, 7) is 11.5. The van der Waals surface area contributed by atoms with Gasteiger partial charge in [0.05, 0.1) is 11.3 Å². The predicted molar refractivity (Wildman–Crippen MR) is 166 cm³/mol. The van der Waals surface area contributed by atoms with E-state index >= 15 is 0 Å². The summed E-state index contributed by atoms with van der Waals surface area (Å²) in [4.78, 5) is 22.3. The molecule has 0 N–H and O–H groups in total. The Bertz CT molecular complexity index is 1650. The molecule has 0 spiro atoms. The van der Waals surface area contributed by atoms with E-state index in [1.165, 1.54) is 28.5 Å². The van der Waals surface area contributed by atoms with Gasteiger partial charge in [-0.25, -0.2) is 4.98 Å². The van der Waals surface area contributed by atoms with E-state index in [1.807, 2.05) is 23.1 Å². The molecule has 7 nitrogen and oxygen atoms in total. The fourth-order valence-electron chi connectivity index (χ4n) is 5.42. The maximum Gasteiger partial charge on any atom is 0.233 e. The van der Waals surface area contributed by atoms with Crippen LogP contribution in [-0.2, 0) is 23.3 Å². The highest BCUT2D eigenvalue weighted by Crippen LogP contribution is 2.29. The van der Waals surface area contributed by atoms with Crippen LogP contribution in [0, 0.1) is 0 Å². The van der Waals surface area contributed by atoms with E-state index in [0.717, 1.165) is 54.8 Å². The maximum absolute atomic E-state index is 13.1. The molecule has 3 heterocycles. The zero-order valence-corrected chi connectivity index (χ0v) is 24.8. The molecule has 1 aliphatic heterocycles. The number of aromatic nitrogens is 4. The number of carbonyl (C=O) groups excluding carboxylic acids is 1. The molecule has 0 radical (unpaired) electrons. The van der Waals surface area contributed by atoms with Crippen LogP contribution in [0.25, 0.3) is 22.1 Å². The number of thioether (sulfide) groups is 1. The normalized spacial score (nSPS) is 14.7. The number of hydrogen-bond donors (Lipinski definition) is 0. The quantitative estimate of drug-likeness (QED) is 0.234. The third-order valence-electron chi connectivity index (χ3n) is 7.81. The van der Waals surface area contributed by atoms with Crippen LogP contribution in [0.4, 0.5) is 0 Å². The Hall–Kier alpha value is -3.75. The number of rotatable bonds is 7. The Kier molecular flexibility index (Phi) is 7.77. The first-order valence-corrected chi connectivity index (χ1v) is 15.2. The van der Waals surface area contributed by atoms with E-state index in [4.69, 9.17) is 4.98 Å². The Morgan fingerprint density at radius 2 is 1.49 bits per heavy atom. The van der Waals surface area contributed by atoms with Crippen molar-refractivity contribution in [3.63, 3.8) is 0 Å². The van der Waals surface area contributed by atoms with Gasteiger partial charge in [0.1, 0.15) is 5.52 Å². The Balaban J connectivity index is 1.15. The largest absolute Gasteiger partial charge is 0.339 e. The van der Waals surface area contributed by atoms with Gasteiger partial charge in [-0.3, -0.25) is 9.69 Å². The van der Waals surface area contributed by atoms with E-state index in [0.29, 0.717) is 17.5 Å². The molecule has 2 aromatic heterocycles. The van der Waals surface area contributed by atoms with Gasteiger partial charge in [-0.05, 0) is 28.2 Å². The molecule has 1 amide bonds. The van der Waals surface area contributed by atoms with Crippen LogP contribution in [0.5, 0.6) is 0 Å². The van der Waals surface area contributed by atoms with Crippen molar-refractivity contribution in [3.8, 4) is 0 Å². The topological polar surface area (TPSA) is 67.2 Å². The molecule has 6 rings (SSSR count). The molecule has 0 bridgehead atoms. The van der Waals surface area contributed by atoms with E-state index in [-0.39, 0.29) is 11.3 Å². The van der Waals surface area contributed by atoms with E-state index in [1.54, 1.807) is 0 Å². The summed E-state index contributed by atoms with van der Waals surface area (Å²) in [6.07, 6.45) is 0. The average molecular weight is 565 g/mol. The van der Waals surface area contributed by atoms with Crippen molar-refractivity contribution in [2.24, 2.45) is 0 Å². The van der Waals surface area contributed by atoms with Crippen molar-refractivity contribution in [2.45, 2.75) is 44.4 Å². The molecule has 41 heavy (non-hydrogen) atoms. The first-order valence-electron chi connectivity index (χ1n) is 14.2. The van der Waals surface area contributed by atoms with Crippen LogP contribution in [-0.4, -0.2) is 67.4 Å². The molecule has 1 saturated heterocycles. The number of benzene rings is 3. The van der Waals surface area contributed by atoms with Crippen LogP contribution in [0.15, 0.2) is 84.0 Å². The van der Waals surface area contributed by atoms with Gasteiger partial charge in [-0.2, -0.15) is 0 Å². The minimum atomic E-state index is 0.113. The van der Waals surface area contributed by atoms with Crippen LogP contribution < -0.4 is 0 Å². The van der Waals surface area contributed by atoms with Gasteiger partial charge >= 0.3 is 0 Å². The summed E-state index contributed by atoms with van der Waals surface area (Å²) in [5.41, 5.74) is 6.60. The predicted octanol–water partition coefficient (Wildman–Crippen LogP) is 5.76. The number of para-hydroxylation sites is 1. The molecule has 210 valence electrons. The second kappa shape index (κ2) is 11.6. The Morgan fingerprint density at radius 1 is 0.805 bits per heavy atom. The lowest BCUT2D eigenvalue weighted by Gasteiger charge is -2.34. The smallest absolute Gasteiger partial charge is 0.233 e. The number of hydrogen-bond acceptors (Lipinski definition) is 6. The third-order valence-corrected chi connectivity index (χ3v) is 8.64. The monoisotopic (exact) mass is 564 g/mol. The zero-order valence-electron chi connectivity index (χ0n) is 24.0. The average Bonchev–Trinajstić information content (AvgIpc) is 3.29. The summed E-state index contributed by atoms with van der Waals surface area (Å²) >= 11 is 1.37. The fraction of sp³-hybridized carbons (Fsp3) is 0.333. The standard InChI is InChI=1S/C33H36N6OS/c1-33(2,3)26-15-13-25(14-16-26)22-39-28-12-8-7-11-27(28)30-31(39)34-32(36-35-30)41-23-29(40)38-19-17-37(18-20-38)21-24-9-5-4-6-10-24/h4-16H,17-23H2,1-3H3. The second-order valence-electron chi connectivity index (χ2n) is 11.7. The van der Waals surface area contributed by atoms with Gasteiger partial charge in [0.25, 0.3) is 0 Å². The van der Waals surface area contributed by atoms with Gasteiger partial charge < -0.3 is 9.47 Å². The van der Waals surface area contributed by atoms with E-state index < -0.39 is 0 Å². The molecule has 0 aliphatic carbocycles. The lowest BCUT2D eigenvalue weighted by atomic mass is 9.87.